The predicted molar refractivity (Wildman–Crippen MR) is 120 cm³/mol. The number of sulfonamides is 1. The molecular formula is C21H27ClN4O4S. The lowest BCUT2D eigenvalue weighted by Crippen LogP contribution is -2.48. The fraction of sp³-hybridized carbons (Fsp3) is 0.429. The van der Waals surface area contributed by atoms with Gasteiger partial charge in [-0.2, -0.15) is 4.31 Å². The Morgan fingerprint density at radius 1 is 1.23 bits per heavy atom. The van der Waals surface area contributed by atoms with Crippen LogP contribution in [-0.2, 0) is 21.3 Å². The van der Waals surface area contributed by atoms with Gasteiger partial charge in [-0.3, -0.25) is 4.79 Å². The summed E-state index contributed by atoms with van der Waals surface area (Å²) in [7, 11) is -0.0739. The zero-order chi connectivity index (χ0) is 22.8. The maximum atomic E-state index is 13.2. The first kappa shape index (κ1) is 23.5. The van der Waals surface area contributed by atoms with Crippen LogP contribution in [0.1, 0.15) is 29.8 Å². The van der Waals surface area contributed by atoms with E-state index in [1.165, 1.54) is 22.5 Å². The molecule has 1 aromatic carbocycles. The van der Waals surface area contributed by atoms with Gasteiger partial charge < -0.3 is 15.0 Å². The number of benzene rings is 1. The Kier molecular flexibility index (Phi) is 7.20. The average molecular weight is 467 g/mol. The van der Waals surface area contributed by atoms with Gasteiger partial charge in [-0.05, 0) is 43.7 Å². The number of hydrogen-bond acceptors (Lipinski definition) is 6. The number of pyridine rings is 1. The van der Waals surface area contributed by atoms with E-state index in [4.69, 9.17) is 16.3 Å². The van der Waals surface area contributed by atoms with Gasteiger partial charge in [0.1, 0.15) is 10.7 Å². The Bertz CT molecular complexity index is 1030. The molecule has 0 aliphatic carbocycles. The fourth-order valence-electron chi connectivity index (χ4n) is 3.38. The van der Waals surface area contributed by atoms with Crippen molar-refractivity contribution < 1.29 is 17.9 Å². The van der Waals surface area contributed by atoms with Gasteiger partial charge in [0, 0.05) is 45.5 Å². The Balaban J connectivity index is 1.76. The number of ether oxygens (including phenoxy) is 1. The maximum absolute atomic E-state index is 13.2. The minimum Gasteiger partial charge on any atom is -0.373 e. The lowest BCUT2D eigenvalue weighted by Gasteiger charge is -2.34. The molecule has 1 aromatic heterocycles. The van der Waals surface area contributed by atoms with Crippen LogP contribution < -0.4 is 10.2 Å². The molecule has 10 heteroatoms. The van der Waals surface area contributed by atoms with Gasteiger partial charge in [0.05, 0.1) is 17.2 Å². The molecule has 0 saturated carbocycles. The number of nitrogens with zero attached hydrogens (tertiary/aromatic N) is 3. The summed E-state index contributed by atoms with van der Waals surface area (Å²) in [4.78, 5) is 18.8. The molecule has 1 aliphatic rings. The van der Waals surface area contributed by atoms with Gasteiger partial charge in [-0.15, -0.1) is 0 Å². The molecule has 31 heavy (non-hydrogen) atoms. The Morgan fingerprint density at radius 3 is 2.48 bits per heavy atom. The summed E-state index contributed by atoms with van der Waals surface area (Å²) >= 11 is 6.21. The molecule has 1 saturated heterocycles. The van der Waals surface area contributed by atoms with Crippen molar-refractivity contribution in [1.29, 1.82) is 0 Å². The molecule has 0 spiro atoms. The number of morpholine rings is 1. The second kappa shape index (κ2) is 9.52. The predicted octanol–water partition coefficient (Wildman–Crippen LogP) is 2.53. The van der Waals surface area contributed by atoms with E-state index >= 15 is 0 Å². The third-order valence-corrected chi connectivity index (χ3v) is 7.23. The molecule has 168 valence electrons. The number of anilines is 1. The standard InChI is InChI=1S/C21H27ClN4O4S/c1-14-12-26(13-15(2)30-14)31(28,29)19-9-17(6-7-18(19)22)21(27)24-11-16-5-8-20(23-10-16)25(3)4/h5-10,14-15H,11-13H2,1-4H3,(H,24,27). The summed E-state index contributed by atoms with van der Waals surface area (Å²) in [5.41, 5.74) is 1.05. The second-order valence-electron chi connectivity index (χ2n) is 7.83. The number of carbonyl (C=O) groups excluding carboxylic acids is 1. The van der Waals surface area contributed by atoms with E-state index in [1.54, 1.807) is 6.20 Å². The van der Waals surface area contributed by atoms with E-state index in [0.29, 0.717) is 0 Å². The largest absolute Gasteiger partial charge is 0.373 e. The smallest absolute Gasteiger partial charge is 0.251 e. The first-order valence-electron chi connectivity index (χ1n) is 9.93. The number of aromatic nitrogens is 1. The van der Waals surface area contributed by atoms with E-state index in [2.05, 4.69) is 10.3 Å². The minimum absolute atomic E-state index is 0.0758. The van der Waals surface area contributed by atoms with E-state index < -0.39 is 15.9 Å². The zero-order valence-electron chi connectivity index (χ0n) is 18.0. The van der Waals surface area contributed by atoms with Crippen molar-refractivity contribution in [3.05, 3.63) is 52.7 Å². The van der Waals surface area contributed by atoms with Crippen molar-refractivity contribution >= 4 is 33.3 Å². The molecule has 1 amide bonds. The topological polar surface area (TPSA) is 91.8 Å². The monoisotopic (exact) mass is 466 g/mol. The van der Waals surface area contributed by atoms with Gasteiger partial charge in [-0.1, -0.05) is 17.7 Å². The molecule has 0 bridgehead atoms. The Hall–Kier alpha value is -2.20. The summed E-state index contributed by atoms with van der Waals surface area (Å²) in [6, 6.07) is 8.00. The first-order valence-corrected chi connectivity index (χ1v) is 11.8. The van der Waals surface area contributed by atoms with Crippen LogP contribution in [0.25, 0.3) is 0 Å². The number of nitrogens with one attached hydrogen (secondary N) is 1. The van der Waals surface area contributed by atoms with Crippen molar-refractivity contribution in [3.63, 3.8) is 0 Å². The zero-order valence-corrected chi connectivity index (χ0v) is 19.6. The lowest BCUT2D eigenvalue weighted by atomic mass is 10.2. The van der Waals surface area contributed by atoms with Crippen LogP contribution in [-0.4, -0.2) is 63.0 Å². The number of halogens is 1. The van der Waals surface area contributed by atoms with Crippen LogP contribution in [0, 0.1) is 0 Å². The third-order valence-electron chi connectivity index (χ3n) is 4.92. The van der Waals surface area contributed by atoms with Crippen LogP contribution in [0.5, 0.6) is 0 Å². The van der Waals surface area contributed by atoms with Gasteiger partial charge >= 0.3 is 0 Å². The molecule has 3 rings (SSSR count). The number of carbonyl (C=O) groups is 1. The molecule has 2 heterocycles. The van der Waals surface area contributed by atoms with Crippen molar-refractivity contribution in [2.24, 2.45) is 0 Å². The van der Waals surface area contributed by atoms with E-state index in [0.717, 1.165) is 11.4 Å². The van der Waals surface area contributed by atoms with Crippen LogP contribution in [0.15, 0.2) is 41.4 Å². The number of rotatable bonds is 6. The van der Waals surface area contributed by atoms with E-state index in [9.17, 15) is 13.2 Å². The maximum Gasteiger partial charge on any atom is 0.251 e. The molecule has 8 nitrogen and oxygen atoms in total. The van der Waals surface area contributed by atoms with Gasteiger partial charge in [0.25, 0.3) is 5.91 Å². The van der Waals surface area contributed by atoms with Crippen LogP contribution in [0.2, 0.25) is 5.02 Å². The molecule has 1 aliphatic heterocycles. The van der Waals surface area contributed by atoms with Crippen LogP contribution in [0.3, 0.4) is 0 Å². The summed E-state index contributed by atoms with van der Waals surface area (Å²) in [6.45, 7) is 4.38. The normalized spacial score (nSPS) is 19.8. The highest BCUT2D eigenvalue weighted by atomic mass is 35.5. The fourth-order valence-corrected chi connectivity index (χ4v) is 5.47. The molecule has 1 N–H and O–H groups in total. The molecule has 2 atom stereocenters. The molecule has 2 unspecified atom stereocenters. The number of amides is 1. The molecule has 1 fully saturated rings. The number of hydrogen-bond donors (Lipinski definition) is 1. The second-order valence-corrected chi connectivity index (χ2v) is 10.1. The van der Waals surface area contributed by atoms with Crippen molar-refractivity contribution in [3.8, 4) is 0 Å². The van der Waals surface area contributed by atoms with Crippen molar-refractivity contribution in [2.45, 2.75) is 37.5 Å². The highest BCUT2D eigenvalue weighted by Crippen LogP contribution is 2.28. The first-order chi connectivity index (χ1) is 14.6. The molecule has 0 radical (unpaired) electrons. The summed E-state index contributed by atoms with van der Waals surface area (Å²) in [5, 5.41) is 2.87. The third kappa shape index (κ3) is 5.54. The average Bonchev–Trinajstić information content (AvgIpc) is 2.71. The van der Waals surface area contributed by atoms with E-state index in [-0.39, 0.29) is 47.3 Å². The minimum atomic E-state index is -3.87. The Morgan fingerprint density at radius 2 is 1.90 bits per heavy atom. The Labute approximate surface area is 188 Å². The molecular weight excluding hydrogens is 440 g/mol. The SMILES string of the molecule is CC1CN(S(=O)(=O)c2cc(C(=O)NCc3ccc(N(C)C)nc3)ccc2Cl)CC(C)O1. The van der Waals surface area contributed by atoms with Crippen LogP contribution in [0.4, 0.5) is 5.82 Å². The summed E-state index contributed by atoms with van der Waals surface area (Å²) < 4.78 is 33.3. The highest BCUT2D eigenvalue weighted by Gasteiger charge is 2.33. The van der Waals surface area contributed by atoms with E-state index in [1.807, 2.05) is 45.0 Å². The summed E-state index contributed by atoms with van der Waals surface area (Å²) in [5.74, 6) is 0.419. The quantitative estimate of drug-likeness (QED) is 0.703. The highest BCUT2D eigenvalue weighted by molar-refractivity contribution is 7.89. The van der Waals surface area contributed by atoms with Gasteiger partial charge in [0.2, 0.25) is 10.0 Å². The molecule has 2 aromatic rings. The lowest BCUT2D eigenvalue weighted by molar-refractivity contribution is -0.0440. The van der Waals surface area contributed by atoms with Gasteiger partial charge in [0.15, 0.2) is 0 Å². The van der Waals surface area contributed by atoms with Crippen molar-refractivity contribution in [2.75, 3.05) is 32.1 Å². The van der Waals surface area contributed by atoms with Gasteiger partial charge in [-0.25, -0.2) is 13.4 Å². The van der Waals surface area contributed by atoms with Crippen LogP contribution >= 0.6 is 11.6 Å². The van der Waals surface area contributed by atoms with Crippen molar-refractivity contribution in [1.82, 2.24) is 14.6 Å². The summed E-state index contributed by atoms with van der Waals surface area (Å²) in [6.07, 6.45) is 1.24.